The summed E-state index contributed by atoms with van der Waals surface area (Å²) >= 11 is 0. The maximum absolute atomic E-state index is 12.9. The summed E-state index contributed by atoms with van der Waals surface area (Å²) < 4.78 is 179. The Morgan fingerprint density at radius 3 is 1.17 bits per heavy atom. The molecule has 0 amide bonds. The zero-order chi connectivity index (χ0) is 20.2. The molecule has 0 bridgehead atoms. The van der Waals surface area contributed by atoms with Crippen LogP contribution in [0.4, 0.5) is 48.3 Å². The van der Waals surface area contributed by atoms with Gasteiger partial charge in [0.05, 0.1) is 0 Å². The quantitative estimate of drug-likeness (QED) is 0.660. The fourth-order valence-electron chi connectivity index (χ4n) is 0.819. The predicted molar refractivity (Wildman–Crippen MR) is 52.5 cm³/mol. The lowest BCUT2D eigenvalue weighted by Gasteiger charge is -2.29. The first-order valence-electron chi connectivity index (χ1n) is 4.81. The van der Waals surface area contributed by atoms with Gasteiger partial charge in [0.2, 0.25) is 0 Å². The summed E-state index contributed by atoms with van der Waals surface area (Å²) in [7, 11) is -15.1. The van der Waals surface area contributed by atoms with Crippen molar-refractivity contribution in [2.24, 2.45) is 0 Å². The molecule has 5 nitrogen and oxygen atoms in total. The number of halogens is 11. The third-order valence-corrected chi connectivity index (χ3v) is 5.85. The molecule has 0 radical (unpaired) electrons. The summed E-state index contributed by atoms with van der Waals surface area (Å²) in [6.45, 7) is -0.818. The zero-order valence-corrected chi connectivity index (χ0v) is 12.2. The maximum atomic E-state index is 12.9. The highest BCUT2D eigenvalue weighted by Gasteiger charge is 2.80. The lowest BCUT2D eigenvalue weighted by atomic mass is 10.3. The first-order chi connectivity index (χ1) is 9.96. The van der Waals surface area contributed by atoms with Crippen LogP contribution < -0.4 is 4.13 Å². The maximum Gasteiger partial charge on any atom is 0.461 e. The Labute approximate surface area is 125 Å². The molecule has 1 N–H and O–H groups in total. The van der Waals surface area contributed by atoms with Crippen molar-refractivity contribution >= 4 is 20.0 Å². The Hall–Kier alpha value is -0.910. The van der Waals surface area contributed by atoms with Gasteiger partial charge in [0.15, 0.2) is 0 Å². The lowest BCUT2D eigenvalue weighted by molar-refractivity contribution is -0.332. The minimum Gasteiger partial charge on any atom is -0.205 e. The van der Waals surface area contributed by atoms with Gasteiger partial charge in [-0.15, -0.1) is 0 Å². The van der Waals surface area contributed by atoms with Gasteiger partial charge in [-0.25, -0.2) is 16.8 Å². The van der Waals surface area contributed by atoms with E-state index < -0.39 is 59.6 Å². The Morgan fingerprint density at radius 1 is 0.625 bits per heavy atom. The molecule has 18 heteroatoms. The van der Waals surface area contributed by atoms with Crippen molar-refractivity contribution in [1.29, 1.82) is 0 Å². The minimum atomic E-state index is -7.76. The molecule has 0 heterocycles. The summed E-state index contributed by atoms with van der Waals surface area (Å²) in [6, 6.07) is 0. The summed E-state index contributed by atoms with van der Waals surface area (Å²) in [5, 5.41) is -13.8. The van der Waals surface area contributed by atoms with Crippen LogP contribution in [0, 0.1) is 0 Å². The Morgan fingerprint density at radius 2 is 0.917 bits per heavy atom. The van der Waals surface area contributed by atoms with E-state index in [1.165, 1.54) is 0 Å². The van der Waals surface area contributed by atoms with Gasteiger partial charge in [0.25, 0.3) is 20.0 Å². The molecule has 146 valence electrons. The molecular formula is C6H4F11NO4S2. The fourth-order valence-corrected chi connectivity index (χ4v) is 3.74. The minimum absolute atomic E-state index is 0.818. The first kappa shape index (κ1) is 23.1. The molecule has 0 aromatic carbocycles. The monoisotopic (exact) mass is 427 g/mol. The van der Waals surface area contributed by atoms with Gasteiger partial charge in [-0.05, 0) is 0 Å². The van der Waals surface area contributed by atoms with Gasteiger partial charge in [-0.2, -0.15) is 48.3 Å². The topological polar surface area (TPSA) is 80.3 Å². The van der Waals surface area contributed by atoms with Gasteiger partial charge in [-0.3, -0.25) is 0 Å². The van der Waals surface area contributed by atoms with Crippen molar-refractivity contribution < 1.29 is 65.1 Å². The van der Waals surface area contributed by atoms with E-state index in [1.807, 2.05) is 0 Å². The second-order valence-electron chi connectivity index (χ2n) is 4.08. The predicted octanol–water partition coefficient (Wildman–Crippen LogP) is 2.27. The molecule has 0 aliphatic rings. The summed E-state index contributed by atoms with van der Waals surface area (Å²) in [4.78, 5) is 0. The van der Waals surface area contributed by atoms with E-state index in [9.17, 15) is 65.1 Å². The normalized spacial score (nSPS) is 16.3. The SMILES string of the molecule is CC(F)(F)C(F)(F)S(=O)(=O)NS(=O)(=O)C(F)(F)C(F)(F)C(F)(F)F. The molecule has 0 aromatic heterocycles. The third kappa shape index (κ3) is 3.39. The highest BCUT2D eigenvalue weighted by Crippen LogP contribution is 2.49. The van der Waals surface area contributed by atoms with Crippen LogP contribution in [-0.2, 0) is 20.0 Å². The average molecular weight is 427 g/mol. The highest BCUT2D eigenvalue weighted by molar-refractivity contribution is 8.05. The number of nitrogens with one attached hydrogen (secondary N) is 1. The number of rotatable bonds is 6. The Kier molecular flexibility index (Phi) is 5.34. The van der Waals surface area contributed by atoms with Crippen LogP contribution in [0.3, 0.4) is 0 Å². The lowest BCUT2D eigenvalue weighted by Crippen LogP contribution is -2.61. The molecule has 0 fully saturated rings. The Balaban J connectivity index is 6.17. The number of alkyl halides is 11. The molecule has 0 spiro atoms. The summed E-state index contributed by atoms with van der Waals surface area (Å²) in [6.07, 6.45) is -7.26. The van der Waals surface area contributed by atoms with Gasteiger partial charge >= 0.3 is 28.5 Å². The van der Waals surface area contributed by atoms with Crippen molar-refractivity contribution in [3.63, 3.8) is 0 Å². The highest BCUT2D eigenvalue weighted by atomic mass is 32.3. The zero-order valence-electron chi connectivity index (χ0n) is 10.6. The van der Waals surface area contributed by atoms with Crippen molar-refractivity contribution in [2.75, 3.05) is 0 Å². The van der Waals surface area contributed by atoms with Gasteiger partial charge in [-0.1, -0.05) is 4.13 Å². The molecule has 0 saturated carbocycles. The molecule has 0 aromatic rings. The van der Waals surface area contributed by atoms with Crippen LogP contribution in [-0.4, -0.2) is 45.4 Å². The molecule has 0 atom stereocenters. The molecule has 0 aliphatic heterocycles. The van der Waals surface area contributed by atoms with Crippen molar-refractivity contribution in [2.45, 2.75) is 35.5 Å². The van der Waals surface area contributed by atoms with Crippen molar-refractivity contribution in [1.82, 2.24) is 4.13 Å². The average Bonchev–Trinajstić information content (AvgIpc) is 2.23. The van der Waals surface area contributed by atoms with E-state index in [0.717, 1.165) is 0 Å². The molecule has 0 saturated heterocycles. The van der Waals surface area contributed by atoms with Crippen molar-refractivity contribution in [3.05, 3.63) is 0 Å². The van der Waals surface area contributed by atoms with E-state index in [2.05, 4.69) is 0 Å². The van der Waals surface area contributed by atoms with E-state index in [0.29, 0.717) is 0 Å². The molecular weight excluding hydrogens is 423 g/mol. The molecule has 0 rings (SSSR count). The van der Waals surface area contributed by atoms with Gasteiger partial charge in [0, 0.05) is 6.92 Å². The number of hydrogen-bond acceptors (Lipinski definition) is 4. The second kappa shape index (κ2) is 5.55. The van der Waals surface area contributed by atoms with E-state index >= 15 is 0 Å². The van der Waals surface area contributed by atoms with Crippen LogP contribution in [0.5, 0.6) is 0 Å². The van der Waals surface area contributed by atoms with Crippen LogP contribution in [0.15, 0.2) is 0 Å². The third-order valence-electron chi connectivity index (χ3n) is 2.13. The van der Waals surface area contributed by atoms with Gasteiger partial charge in [0.1, 0.15) is 0 Å². The molecule has 0 aliphatic carbocycles. The fraction of sp³-hybridized carbons (Fsp3) is 1.00. The second-order valence-corrected chi connectivity index (χ2v) is 7.79. The van der Waals surface area contributed by atoms with Gasteiger partial charge < -0.3 is 0 Å². The largest absolute Gasteiger partial charge is 0.461 e. The van der Waals surface area contributed by atoms with Crippen LogP contribution in [0.2, 0.25) is 0 Å². The smallest absolute Gasteiger partial charge is 0.205 e. The number of sulfonamides is 2. The van der Waals surface area contributed by atoms with Crippen LogP contribution in [0.1, 0.15) is 6.92 Å². The van der Waals surface area contributed by atoms with Crippen LogP contribution >= 0.6 is 0 Å². The van der Waals surface area contributed by atoms with E-state index in [-0.39, 0.29) is 0 Å². The van der Waals surface area contributed by atoms with Crippen molar-refractivity contribution in [3.8, 4) is 0 Å². The van der Waals surface area contributed by atoms with Crippen LogP contribution in [0.25, 0.3) is 0 Å². The molecule has 0 unspecified atom stereocenters. The number of hydrogen-bond donors (Lipinski definition) is 1. The Bertz CT molecular complexity index is 687. The first-order valence-corrected chi connectivity index (χ1v) is 7.78. The van der Waals surface area contributed by atoms with E-state index in [1.54, 1.807) is 0 Å². The molecule has 24 heavy (non-hydrogen) atoms. The summed E-state index contributed by atoms with van der Waals surface area (Å²) in [5.41, 5.74) is 0. The van der Waals surface area contributed by atoms with E-state index in [4.69, 9.17) is 0 Å². The summed E-state index contributed by atoms with van der Waals surface area (Å²) in [5.74, 6) is -13.1. The standard InChI is InChI=1S/C6H4F11NO4S2/c1-2(7,8)5(14,15)23(19,20)18-24(21,22)6(16,17)3(9,10)4(11,12)13/h18H,1H3.